The molecular formula is C23H29N4O4S2+. The number of likely N-dealkylation sites (N-methyl/N-ethyl adjacent to an activating group) is 1. The summed E-state index contributed by atoms with van der Waals surface area (Å²) in [6.45, 7) is 12.3. The molecule has 2 aromatic rings. The zero-order valence-corrected chi connectivity index (χ0v) is 20.2. The molecule has 176 valence electrons. The molecule has 1 aliphatic rings. The van der Waals surface area contributed by atoms with Crippen molar-refractivity contribution in [1.82, 2.24) is 4.31 Å². The molecule has 2 heterocycles. The lowest BCUT2D eigenvalue weighted by Crippen LogP contribution is -3.11. The lowest BCUT2D eigenvalue weighted by atomic mass is 10.0. The molecular weight excluding hydrogens is 460 g/mol. The van der Waals surface area contributed by atoms with Gasteiger partial charge in [0.15, 0.2) is 0 Å². The van der Waals surface area contributed by atoms with Crippen molar-refractivity contribution in [2.75, 3.05) is 31.5 Å². The van der Waals surface area contributed by atoms with Crippen LogP contribution in [0.15, 0.2) is 54.5 Å². The molecule has 1 aromatic carbocycles. The van der Waals surface area contributed by atoms with Gasteiger partial charge in [0.2, 0.25) is 10.0 Å². The Balaban J connectivity index is 1.83. The second-order valence-electron chi connectivity index (χ2n) is 7.73. The number of carbonyl (C=O) groups excluding carboxylic acids is 2. The van der Waals surface area contributed by atoms with Crippen LogP contribution in [0.1, 0.15) is 38.1 Å². The Labute approximate surface area is 198 Å². The fourth-order valence-electron chi connectivity index (χ4n) is 3.85. The lowest BCUT2D eigenvalue weighted by Gasteiger charge is -2.22. The van der Waals surface area contributed by atoms with Crippen molar-refractivity contribution in [3.05, 3.63) is 71.1 Å². The third-order valence-corrected chi connectivity index (χ3v) is 8.62. The minimum absolute atomic E-state index is 0.0646. The summed E-state index contributed by atoms with van der Waals surface area (Å²) in [5.74, 6) is -0.998. The molecule has 1 unspecified atom stereocenters. The Morgan fingerprint density at radius 3 is 2.39 bits per heavy atom. The number of nitrogens with zero attached hydrogens (tertiary/aromatic N) is 1. The number of fused-ring (bicyclic) bond motifs is 1. The van der Waals surface area contributed by atoms with Crippen LogP contribution in [0.3, 0.4) is 0 Å². The summed E-state index contributed by atoms with van der Waals surface area (Å²) >= 11 is 1.38. The summed E-state index contributed by atoms with van der Waals surface area (Å²) < 4.78 is 26.9. The van der Waals surface area contributed by atoms with Gasteiger partial charge in [-0.1, -0.05) is 12.2 Å². The minimum atomic E-state index is -3.76. The van der Waals surface area contributed by atoms with Crippen LogP contribution in [0.2, 0.25) is 0 Å². The number of nitrogens with two attached hydrogens (primary N) is 1. The van der Waals surface area contributed by atoms with E-state index in [1.807, 2.05) is 0 Å². The van der Waals surface area contributed by atoms with Crippen LogP contribution in [-0.2, 0) is 23.0 Å². The number of hydrogen-bond acceptors (Lipinski definition) is 5. The van der Waals surface area contributed by atoms with E-state index in [1.54, 1.807) is 0 Å². The van der Waals surface area contributed by atoms with Gasteiger partial charge in [0.25, 0.3) is 11.8 Å². The molecule has 0 saturated heterocycles. The topological polar surface area (TPSA) is 114 Å². The molecule has 4 N–H and O–H groups in total. The normalized spacial score (nSPS) is 15.6. The lowest BCUT2D eigenvalue weighted by molar-refractivity contribution is -0.913. The van der Waals surface area contributed by atoms with E-state index in [-0.39, 0.29) is 23.5 Å². The molecule has 0 spiro atoms. The fraction of sp³-hybridized carbons (Fsp3) is 0.304. The maximum atomic E-state index is 12.9. The largest absolute Gasteiger partial charge is 0.365 e. The van der Waals surface area contributed by atoms with Crippen molar-refractivity contribution in [2.45, 2.75) is 24.8 Å². The van der Waals surface area contributed by atoms with Crippen LogP contribution in [-0.4, -0.2) is 50.7 Å². The zero-order valence-electron chi connectivity index (χ0n) is 18.6. The smallest absolute Gasteiger partial charge is 0.256 e. The molecule has 0 aliphatic carbocycles. The standard InChI is InChI=1S/C23H28N4O4S2/c1-4-12-27(13-5-2)33(30,31)17-9-7-16(8-10-17)22(29)25-23-20(21(24)28)18-11-14-26(6-3)15-19(18)32-23/h4-5,7-10H,1-2,6,11-15H2,3H3,(H2,24,28)(H,25,29)/p+1. The monoisotopic (exact) mass is 489 g/mol. The first-order valence-electron chi connectivity index (χ1n) is 10.6. The molecule has 0 fully saturated rings. The van der Waals surface area contributed by atoms with E-state index in [2.05, 4.69) is 25.4 Å². The van der Waals surface area contributed by atoms with Crippen molar-refractivity contribution in [1.29, 1.82) is 0 Å². The van der Waals surface area contributed by atoms with Crippen molar-refractivity contribution in [3.63, 3.8) is 0 Å². The quantitative estimate of drug-likeness (QED) is 0.438. The number of amides is 2. The van der Waals surface area contributed by atoms with E-state index in [0.717, 1.165) is 36.5 Å². The van der Waals surface area contributed by atoms with Gasteiger partial charge < -0.3 is 16.0 Å². The van der Waals surface area contributed by atoms with Gasteiger partial charge in [0.05, 0.1) is 28.4 Å². The average Bonchev–Trinajstić information content (AvgIpc) is 3.16. The Kier molecular flexibility index (Phi) is 7.85. The van der Waals surface area contributed by atoms with Gasteiger partial charge in [-0.3, -0.25) is 9.59 Å². The first kappa shape index (κ1) is 24.8. The predicted molar refractivity (Wildman–Crippen MR) is 130 cm³/mol. The second-order valence-corrected chi connectivity index (χ2v) is 10.8. The zero-order chi connectivity index (χ0) is 24.2. The van der Waals surface area contributed by atoms with Crippen LogP contribution >= 0.6 is 11.3 Å². The minimum Gasteiger partial charge on any atom is -0.365 e. The van der Waals surface area contributed by atoms with Gasteiger partial charge in [0.1, 0.15) is 11.5 Å². The summed E-state index contributed by atoms with van der Waals surface area (Å²) in [6.07, 6.45) is 3.74. The highest BCUT2D eigenvalue weighted by Crippen LogP contribution is 2.34. The molecule has 3 rings (SSSR count). The number of quaternary nitrogens is 1. The molecule has 33 heavy (non-hydrogen) atoms. The molecule has 1 aliphatic heterocycles. The Bertz CT molecular complexity index is 1160. The summed E-state index contributed by atoms with van der Waals surface area (Å²) in [6, 6.07) is 5.67. The number of hydrogen-bond donors (Lipinski definition) is 3. The number of sulfonamides is 1. The maximum absolute atomic E-state index is 12.9. The Morgan fingerprint density at radius 2 is 1.85 bits per heavy atom. The van der Waals surface area contributed by atoms with Crippen LogP contribution < -0.4 is 16.0 Å². The second kappa shape index (κ2) is 10.4. The van der Waals surface area contributed by atoms with Gasteiger partial charge in [0, 0.05) is 25.1 Å². The molecule has 8 nitrogen and oxygen atoms in total. The summed E-state index contributed by atoms with van der Waals surface area (Å²) in [4.78, 5) is 27.5. The summed E-state index contributed by atoms with van der Waals surface area (Å²) in [5, 5.41) is 3.24. The molecule has 0 radical (unpaired) electrons. The molecule has 2 amide bonds. The van der Waals surface area contributed by atoms with Crippen LogP contribution in [0.5, 0.6) is 0 Å². The third kappa shape index (κ3) is 5.25. The van der Waals surface area contributed by atoms with Crippen LogP contribution in [0, 0.1) is 0 Å². The number of thiophene rings is 1. The van der Waals surface area contributed by atoms with E-state index >= 15 is 0 Å². The number of anilines is 1. The van der Waals surface area contributed by atoms with Crippen molar-refractivity contribution in [2.24, 2.45) is 5.73 Å². The first-order chi connectivity index (χ1) is 15.7. The van der Waals surface area contributed by atoms with E-state index in [1.165, 1.54) is 57.0 Å². The maximum Gasteiger partial charge on any atom is 0.256 e. The first-order valence-corrected chi connectivity index (χ1v) is 12.9. The number of rotatable bonds is 10. The van der Waals surface area contributed by atoms with E-state index in [9.17, 15) is 18.0 Å². The summed E-state index contributed by atoms with van der Waals surface area (Å²) in [7, 11) is -3.76. The van der Waals surface area contributed by atoms with Crippen LogP contribution in [0.25, 0.3) is 0 Å². The highest BCUT2D eigenvalue weighted by Gasteiger charge is 2.29. The number of benzene rings is 1. The van der Waals surface area contributed by atoms with E-state index < -0.39 is 21.8 Å². The highest BCUT2D eigenvalue weighted by molar-refractivity contribution is 7.89. The molecule has 1 atom stereocenters. The van der Waals surface area contributed by atoms with Crippen LogP contribution in [0.4, 0.5) is 5.00 Å². The number of primary amides is 1. The number of nitrogens with one attached hydrogen (secondary N) is 2. The molecule has 1 aromatic heterocycles. The predicted octanol–water partition coefficient (Wildman–Crippen LogP) is 1.42. The van der Waals surface area contributed by atoms with Crippen molar-refractivity contribution < 1.29 is 22.9 Å². The number of carbonyl (C=O) groups is 2. The molecule has 10 heteroatoms. The van der Waals surface area contributed by atoms with E-state index in [4.69, 9.17) is 5.73 Å². The van der Waals surface area contributed by atoms with Gasteiger partial charge in [-0.15, -0.1) is 24.5 Å². The van der Waals surface area contributed by atoms with Gasteiger partial charge in [-0.25, -0.2) is 8.42 Å². The van der Waals surface area contributed by atoms with Gasteiger partial charge in [-0.05, 0) is 36.8 Å². The fourth-order valence-corrected chi connectivity index (χ4v) is 6.55. The van der Waals surface area contributed by atoms with Crippen molar-refractivity contribution in [3.8, 4) is 0 Å². The van der Waals surface area contributed by atoms with Gasteiger partial charge >= 0.3 is 0 Å². The summed E-state index contributed by atoms with van der Waals surface area (Å²) in [5.41, 5.74) is 7.21. The third-order valence-electron chi connectivity index (χ3n) is 5.62. The molecule has 0 saturated carbocycles. The van der Waals surface area contributed by atoms with Crippen molar-refractivity contribution >= 4 is 38.2 Å². The Morgan fingerprint density at radius 1 is 1.21 bits per heavy atom. The highest BCUT2D eigenvalue weighted by atomic mass is 32.2. The SMILES string of the molecule is C=CCN(CC=C)S(=O)(=O)c1ccc(C(=O)Nc2sc3c(c2C(N)=O)CC[NH+](CC)C3)cc1. The average molecular weight is 490 g/mol. The Hall–Kier alpha value is -2.79. The molecule has 0 bridgehead atoms. The van der Waals surface area contributed by atoms with Gasteiger partial charge in [-0.2, -0.15) is 4.31 Å². The van der Waals surface area contributed by atoms with E-state index in [0.29, 0.717) is 10.6 Å².